The Morgan fingerprint density at radius 1 is 1.00 bits per heavy atom. The number of hydrogen-bond acceptors (Lipinski definition) is 3. The predicted molar refractivity (Wildman–Crippen MR) is 116 cm³/mol. The van der Waals surface area contributed by atoms with E-state index in [1.54, 1.807) is 0 Å². The first-order chi connectivity index (χ1) is 14.0. The molecule has 0 saturated heterocycles. The van der Waals surface area contributed by atoms with Crippen LogP contribution in [0.25, 0.3) is 0 Å². The van der Waals surface area contributed by atoms with Crippen molar-refractivity contribution in [2.75, 3.05) is 0 Å². The maximum Gasteiger partial charge on any atom is 0.526 e. The molecule has 0 aromatic carbocycles. The van der Waals surface area contributed by atoms with Gasteiger partial charge in [0.1, 0.15) is 0 Å². The molecule has 30 heavy (non-hydrogen) atoms. The highest BCUT2D eigenvalue weighted by Crippen LogP contribution is 2.68. The largest absolute Gasteiger partial charge is 0.526 e. The summed E-state index contributed by atoms with van der Waals surface area (Å²) in [6.45, 7) is 7.37. The molecule has 172 valence electrons. The van der Waals surface area contributed by atoms with Crippen LogP contribution in [0.1, 0.15) is 97.8 Å². The molecule has 0 spiro atoms. The molecular weight excluding hydrogens is 399 g/mol. The SMILES string of the molecule is C[C@H](CCC(=O)OP(=O)(O)O)[C@H]1CC[C@H]2[C@@H]3CCC4CCCC[C@]4(C)[C@H]3CC[C@]12C. The Labute approximate surface area is 182 Å². The number of carbonyl (C=O) groups excluding carboxylic acids is 1. The van der Waals surface area contributed by atoms with Crippen molar-refractivity contribution in [3.05, 3.63) is 0 Å². The van der Waals surface area contributed by atoms with Crippen LogP contribution in [-0.4, -0.2) is 15.8 Å². The van der Waals surface area contributed by atoms with Crippen LogP contribution in [0.4, 0.5) is 0 Å². The van der Waals surface area contributed by atoms with E-state index in [0.717, 1.165) is 23.7 Å². The number of fused-ring (bicyclic) bond motifs is 5. The highest BCUT2D eigenvalue weighted by atomic mass is 31.2. The molecule has 4 aliphatic rings. The third kappa shape index (κ3) is 4.04. The molecule has 0 aromatic heterocycles. The van der Waals surface area contributed by atoms with Gasteiger partial charge in [-0.05, 0) is 104 Å². The zero-order chi connectivity index (χ0) is 21.7. The zero-order valence-corrected chi connectivity index (χ0v) is 19.9. The predicted octanol–water partition coefficient (Wildman–Crippen LogP) is 6.09. The van der Waals surface area contributed by atoms with E-state index in [-0.39, 0.29) is 6.42 Å². The summed E-state index contributed by atoms with van der Waals surface area (Å²) in [7, 11) is -4.73. The normalized spacial score (nSPS) is 44.5. The molecule has 8 atom stereocenters. The topological polar surface area (TPSA) is 83.8 Å². The maximum absolute atomic E-state index is 11.8. The lowest BCUT2D eigenvalue weighted by molar-refractivity contribution is -0.136. The molecule has 0 aromatic rings. The van der Waals surface area contributed by atoms with Crippen molar-refractivity contribution >= 4 is 13.8 Å². The van der Waals surface area contributed by atoms with E-state index in [1.165, 1.54) is 64.2 Å². The average molecular weight is 441 g/mol. The molecule has 0 radical (unpaired) electrons. The number of hydrogen-bond donors (Lipinski definition) is 2. The minimum Gasteiger partial charge on any atom is -0.371 e. The number of rotatable bonds is 5. The Hall–Kier alpha value is -0.380. The van der Waals surface area contributed by atoms with Gasteiger partial charge in [-0.3, -0.25) is 14.6 Å². The highest BCUT2D eigenvalue weighted by molar-refractivity contribution is 7.46. The first-order valence-corrected chi connectivity index (χ1v) is 13.9. The Kier molecular flexibility index (Phi) is 6.23. The number of phosphoric ester groups is 1. The summed E-state index contributed by atoms with van der Waals surface area (Å²) < 4.78 is 15.1. The van der Waals surface area contributed by atoms with E-state index in [2.05, 4.69) is 25.3 Å². The van der Waals surface area contributed by atoms with Crippen molar-refractivity contribution in [3.8, 4) is 0 Å². The summed E-state index contributed by atoms with van der Waals surface area (Å²) in [5, 5.41) is 0. The van der Waals surface area contributed by atoms with Crippen LogP contribution in [0.3, 0.4) is 0 Å². The summed E-state index contributed by atoms with van der Waals surface area (Å²) in [5.74, 6) is 3.74. The van der Waals surface area contributed by atoms with Crippen LogP contribution in [0.15, 0.2) is 0 Å². The van der Waals surface area contributed by atoms with E-state index in [9.17, 15) is 9.36 Å². The van der Waals surface area contributed by atoms with Crippen LogP contribution in [-0.2, 0) is 13.9 Å². The van der Waals surface area contributed by atoms with E-state index in [0.29, 0.717) is 29.1 Å². The molecule has 0 aliphatic heterocycles. The second-order valence-corrected chi connectivity index (χ2v) is 12.8. The van der Waals surface area contributed by atoms with Crippen LogP contribution in [0.5, 0.6) is 0 Å². The molecule has 0 bridgehead atoms. The van der Waals surface area contributed by atoms with Gasteiger partial charge in [0, 0.05) is 6.42 Å². The monoisotopic (exact) mass is 440 g/mol. The van der Waals surface area contributed by atoms with Gasteiger partial charge in [-0.25, -0.2) is 4.57 Å². The van der Waals surface area contributed by atoms with Gasteiger partial charge in [0.2, 0.25) is 0 Å². The van der Waals surface area contributed by atoms with Gasteiger partial charge in [-0.1, -0.05) is 33.6 Å². The van der Waals surface area contributed by atoms with Crippen molar-refractivity contribution in [3.63, 3.8) is 0 Å². The van der Waals surface area contributed by atoms with Crippen molar-refractivity contribution in [2.45, 2.75) is 97.8 Å². The van der Waals surface area contributed by atoms with Gasteiger partial charge >= 0.3 is 13.8 Å². The molecule has 4 rings (SSSR count). The third-order valence-corrected chi connectivity index (χ3v) is 10.8. The second-order valence-electron chi connectivity index (χ2n) is 11.6. The fourth-order valence-corrected chi connectivity index (χ4v) is 9.35. The van der Waals surface area contributed by atoms with Crippen LogP contribution < -0.4 is 0 Å². The van der Waals surface area contributed by atoms with Gasteiger partial charge in [-0.2, -0.15) is 0 Å². The van der Waals surface area contributed by atoms with E-state index in [1.807, 2.05) is 0 Å². The smallest absolute Gasteiger partial charge is 0.371 e. The Morgan fingerprint density at radius 3 is 2.47 bits per heavy atom. The molecule has 6 heteroatoms. The van der Waals surface area contributed by atoms with E-state index < -0.39 is 13.8 Å². The lowest BCUT2D eigenvalue weighted by Gasteiger charge is -2.61. The zero-order valence-electron chi connectivity index (χ0n) is 19.0. The fraction of sp³-hybridized carbons (Fsp3) is 0.958. The minimum atomic E-state index is -4.73. The third-order valence-electron chi connectivity index (χ3n) is 10.4. The summed E-state index contributed by atoms with van der Waals surface area (Å²) in [6.07, 6.45) is 14.6. The quantitative estimate of drug-likeness (QED) is 0.506. The van der Waals surface area contributed by atoms with Crippen molar-refractivity contribution in [1.82, 2.24) is 0 Å². The van der Waals surface area contributed by atoms with Crippen molar-refractivity contribution in [2.24, 2.45) is 46.3 Å². The van der Waals surface area contributed by atoms with Gasteiger partial charge in [0.05, 0.1) is 0 Å². The fourth-order valence-electron chi connectivity index (χ4n) is 9.00. The lowest BCUT2D eigenvalue weighted by Crippen LogP contribution is -2.53. The van der Waals surface area contributed by atoms with E-state index >= 15 is 0 Å². The van der Waals surface area contributed by atoms with Crippen LogP contribution in [0, 0.1) is 46.3 Å². The van der Waals surface area contributed by atoms with Gasteiger partial charge in [0.15, 0.2) is 0 Å². The van der Waals surface area contributed by atoms with Crippen molar-refractivity contribution < 1.29 is 23.7 Å². The average Bonchev–Trinajstić information content (AvgIpc) is 3.01. The first kappa shape index (κ1) is 22.8. The molecule has 1 unspecified atom stereocenters. The molecule has 4 fully saturated rings. The highest BCUT2D eigenvalue weighted by Gasteiger charge is 2.60. The van der Waals surface area contributed by atoms with Gasteiger partial charge in [0.25, 0.3) is 0 Å². The van der Waals surface area contributed by atoms with Crippen LogP contribution in [0.2, 0.25) is 0 Å². The molecular formula is C24H41O5P. The van der Waals surface area contributed by atoms with Gasteiger partial charge < -0.3 is 4.52 Å². The second kappa shape index (κ2) is 8.19. The first-order valence-electron chi connectivity index (χ1n) is 12.3. The minimum absolute atomic E-state index is 0.0926. The molecule has 2 N–H and O–H groups in total. The Morgan fingerprint density at radius 2 is 1.73 bits per heavy atom. The van der Waals surface area contributed by atoms with Gasteiger partial charge in [-0.15, -0.1) is 0 Å². The summed E-state index contributed by atoms with van der Waals surface area (Å²) in [5.41, 5.74) is 0.921. The molecule has 0 heterocycles. The van der Waals surface area contributed by atoms with Crippen LogP contribution >= 0.6 is 7.82 Å². The summed E-state index contributed by atoms with van der Waals surface area (Å²) in [6, 6.07) is 0. The molecule has 0 amide bonds. The van der Waals surface area contributed by atoms with Crippen molar-refractivity contribution in [1.29, 1.82) is 0 Å². The summed E-state index contributed by atoms with van der Waals surface area (Å²) in [4.78, 5) is 29.5. The number of phosphoric acid groups is 1. The molecule has 5 nitrogen and oxygen atoms in total. The molecule has 4 saturated carbocycles. The number of carbonyl (C=O) groups is 1. The standard InChI is InChI=1S/C24H41O5P/c1-16(7-12-22(25)29-30(26,27)28)19-10-11-20-18-9-8-17-6-4-5-14-23(17,2)21(18)13-15-24(19,20)3/h16-21H,4-15H2,1-3H3,(H2,26,27,28)/t16-,17?,18+,19-,20+,21+,23+,24-/m1/s1. The summed E-state index contributed by atoms with van der Waals surface area (Å²) >= 11 is 0. The maximum atomic E-state index is 11.8. The van der Waals surface area contributed by atoms with E-state index in [4.69, 9.17) is 9.79 Å². The molecule has 4 aliphatic carbocycles. The Bertz CT molecular complexity index is 704. The Balaban J connectivity index is 1.42. The lowest BCUT2D eigenvalue weighted by atomic mass is 9.44.